The summed E-state index contributed by atoms with van der Waals surface area (Å²) in [5, 5.41) is 2.87. The van der Waals surface area contributed by atoms with Crippen molar-refractivity contribution in [1.29, 1.82) is 0 Å². The molecule has 170 valence electrons. The molecule has 2 aromatic carbocycles. The number of amides is 2. The van der Waals surface area contributed by atoms with E-state index < -0.39 is 6.04 Å². The minimum atomic E-state index is -0.582. The molecule has 1 atom stereocenters. The summed E-state index contributed by atoms with van der Waals surface area (Å²) in [5.74, 6) is 0.692. The molecular weight excluding hydrogens is 418 g/mol. The lowest BCUT2D eigenvalue weighted by atomic mass is 9.99. The summed E-state index contributed by atoms with van der Waals surface area (Å²) in [6, 6.07) is 16.9. The van der Waals surface area contributed by atoms with Crippen molar-refractivity contribution in [3.63, 3.8) is 0 Å². The zero-order valence-electron chi connectivity index (χ0n) is 18.8. The third-order valence-corrected chi connectivity index (χ3v) is 5.72. The lowest BCUT2D eigenvalue weighted by Gasteiger charge is -2.35. The van der Waals surface area contributed by atoms with Gasteiger partial charge in [-0.25, -0.2) is 0 Å². The molecule has 1 aliphatic heterocycles. The molecule has 1 aliphatic rings. The van der Waals surface area contributed by atoms with Gasteiger partial charge in [-0.3, -0.25) is 14.6 Å². The molecule has 33 heavy (non-hydrogen) atoms. The molecule has 1 N–H and O–H groups in total. The molecule has 3 aromatic rings. The summed E-state index contributed by atoms with van der Waals surface area (Å²) in [6.07, 6.45) is 3.95. The van der Waals surface area contributed by atoms with Crippen LogP contribution in [-0.4, -0.2) is 54.5 Å². The summed E-state index contributed by atoms with van der Waals surface area (Å²) in [7, 11) is 1.56. The number of nitrogens with one attached hydrogen (secondary N) is 1. The zero-order chi connectivity index (χ0) is 23.2. The number of methoxy groups -OCH3 is 1. The Kier molecular flexibility index (Phi) is 6.88. The fourth-order valence-electron chi connectivity index (χ4n) is 3.93. The third-order valence-electron chi connectivity index (χ3n) is 5.72. The Bertz CT molecular complexity index is 1120. The number of aryl methyl sites for hydroxylation is 1. The van der Waals surface area contributed by atoms with Crippen molar-refractivity contribution in [2.75, 3.05) is 26.8 Å². The van der Waals surface area contributed by atoms with Crippen LogP contribution in [0.4, 0.5) is 0 Å². The summed E-state index contributed by atoms with van der Waals surface area (Å²) < 4.78 is 11.1. The molecule has 1 unspecified atom stereocenters. The van der Waals surface area contributed by atoms with E-state index in [1.807, 2.05) is 55.5 Å². The first kappa shape index (κ1) is 22.3. The number of rotatable bonds is 7. The van der Waals surface area contributed by atoms with Crippen molar-refractivity contribution in [3.05, 3.63) is 78.1 Å². The van der Waals surface area contributed by atoms with Gasteiger partial charge in [0.25, 0.3) is 5.91 Å². The van der Waals surface area contributed by atoms with Gasteiger partial charge in [0, 0.05) is 31.9 Å². The molecule has 1 fully saturated rings. The summed E-state index contributed by atoms with van der Waals surface area (Å²) in [4.78, 5) is 31.3. The van der Waals surface area contributed by atoms with Crippen LogP contribution >= 0.6 is 0 Å². The minimum absolute atomic E-state index is 0.152. The van der Waals surface area contributed by atoms with Gasteiger partial charge < -0.3 is 19.7 Å². The number of hydrogen-bond donors (Lipinski definition) is 1. The first-order chi connectivity index (χ1) is 16.0. The van der Waals surface area contributed by atoms with Crippen LogP contribution in [0.25, 0.3) is 11.1 Å². The highest BCUT2D eigenvalue weighted by Crippen LogP contribution is 2.28. The van der Waals surface area contributed by atoms with Crippen LogP contribution in [0.3, 0.4) is 0 Å². The number of pyridine rings is 1. The van der Waals surface area contributed by atoms with Crippen LogP contribution in [0.1, 0.15) is 11.1 Å². The van der Waals surface area contributed by atoms with Crippen molar-refractivity contribution < 1.29 is 19.1 Å². The van der Waals surface area contributed by atoms with Gasteiger partial charge in [0.2, 0.25) is 5.91 Å². The standard InChI is InChI=1S/C26H27N3O4/c1-18-3-8-23(24(15-18)32-2)33-17-25(30)29-14-13-28-26(31)22(29)16-19-4-6-20(7-5-19)21-9-11-27-12-10-21/h3-12,15,22H,13-14,16-17H2,1-2H3,(H,28,31). The van der Waals surface area contributed by atoms with E-state index in [0.717, 1.165) is 22.3 Å². The minimum Gasteiger partial charge on any atom is -0.493 e. The van der Waals surface area contributed by atoms with Crippen LogP contribution in [0.15, 0.2) is 67.0 Å². The number of hydrogen-bond acceptors (Lipinski definition) is 5. The smallest absolute Gasteiger partial charge is 0.261 e. The monoisotopic (exact) mass is 445 g/mol. The molecule has 0 spiro atoms. The molecule has 0 aliphatic carbocycles. The second kappa shape index (κ2) is 10.2. The molecule has 7 heteroatoms. The number of aromatic nitrogens is 1. The number of carbonyl (C=O) groups is 2. The topological polar surface area (TPSA) is 80.8 Å². The Balaban J connectivity index is 1.44. The highest BCUT2D eigenvalue weighted by molar-refractivity contribution is 5.89. The van der Waals surface area contributed by atoms with Gasteiger partial charge in [0.05, 0.1) is 7.11 Å². The molecule has 0 bridgehead atoms. The molecule has 0 radical (unpaired) electrons. The fraction of sp³-hybridized carbons (Fsp3) is 0.269. The van der Waals surface area contributed by atoms with Gasteiger partial charge in [-0.05, 0) is 53.4 Å². The molecule has 4 rings (SSSR count). The fourth-order valence-corrected chi connectivity index (χ4v) is 3.93. The molecule has 0 saturated carbocycles. The van der Waals surface area contributed by atoms with Crippen molar-refractivity contribution in [2.45, 2.75) is 19.4 Å². The van der Waals surface area contributed by atoms with Crippen LogP contribution in [-0.2, 0) is 16.0 Å². The van der Waals surface area contributed by atoms with E-state index in [2.05, 4.69) is 10.3 Å². The van der Waals surface area contributed by atoms with E-state index in [-0.39, 0.29) is 18.4 Å². The van der Waals surface area contributed by atoms with Crippen LogP contribution < -0.4 is 14.8 Å². The summed E-state index contributed by atoms with van der Waals surface area (Å²) in [5.41, 5.74) is 4.16. The zero-order valence-corrected chi connectivity index (χ0v) is 18.8. The van der Waals surface area contributed by atoms with E-state index in [1.54, 1.807) is 30.5 Å². The molecule has 1 aromatic heterocycles. The second-order valence-electron chi connectivity index (χ2n) is 7.97. The average molecular weight is 446 g/mol. The largest absolute Gasteiger partial charge is 0.493 e. The predicted octanol–water partition coefficient (Wildman–Crippen LogP) is 3.01. The highest BCUT2D eigenvalue weighted by Gasteiger charge is 2.33. The van der Waals surface area contributed by atoms with E-state index in [9.17, 15) is 9.59 Å². The number of benzene rings is 2. The van der Waals surface area contributed by atoms with E-state index in [1.165, 1.54) is 0 Å². The number of ether oxygens (including phenoxy) is 2. The van der Waals surface area contributed by atoms with Gasteiger partial charge in [0.1, 0.15) is 6.04 Å². The normalized spacial score (nSPS) is 15.6. The average Bonchev–Trinajstić information content (AvgIpc) is 2.85. The first-order valence-electron chi connectivity index (χ1n) is 10.9. The second-order valence-corrected chi connectivity index (χ2v) is 7.97. The Hall–Kier alpha value is -3.87. The highest BCUT2D eigenvalue weighted by atomic mass is 16.5. The van der Waals surface area contributed by atoms with Crippen LogP contribution in [0.5, 0.6) is 11.5 Å². The van der Waals surface area contributed by atoms with Crippen molar-refractivity contribution >= 4 is 11.8 Å². The molecule has 2 heterocycles. The molecule has 7 nitrogen and oxygen atoms in total. The maximum Gasteiger partial charge on any atom is 0.261 e. The quantitative estimate of drug-likeness (QED) is 0.605. The summed E-state index contributed by atoms with van der Waals surface area (Å²) >= 11 is 0. The van der Waals surface area contributed by atoms with Gasteiger partial charge in [-0.2, -0.15) is 0 Å². The van der Waals surface area contributed by atoms with Crippen LogP contribution in [0.2, 0.25) is 0 Å². The first-order valence-corrected chi connectivity index (χ1v) is 10.9. The van der Waals surface area contributed by atoms with Gasteiger partial charge in [0.15, 0.2) is 18.1 Å². The SMILES string of the molecule is COc1cc(C)ccc1OCC(=O)N1CCNC(=O)C1Cc1ccc(-c2ccncc2)cc1. The number of nitrogens with zero attached hydrogens (tertiary/aromatic N) is 2. The number of carbonyl (C=O) groups excluding carboxylic acids is 2. The van der Waals surface area contributed by atoms with Crippen LogP contribution in [0, 0.1) is 6.92 Å². The number of piperazine rings is 1. The Morgan fingerprint density at radius 1 is 1.06 bits per heavy atom. The van der Waals surface area contributed by atoms with E-state index >= 15 is 0 Å². The predicted molar refractivity (Wildman–Crippen MR) is 125 cm³/mol. The maximum absolute atomic E-state index is 13.0. The van der Waals surface area contributed by atoms with Gasteiger partial charge >= 0.3 is 0 Å². The molecular formula is C26H27N3O4. The Labute approximate surface area is 193 Å². The Morgan fingerprint density at radius 3 is 2.52 bits per heavy atom. The maximum atomic E-state index is 13.0. The van der Waals surface area contributed by atoms with E-state index in [0.29, 0.717) is 31.0 Å². The van der Waals surface area contributed by atoms with Crippen molar-refractivity contribution in [1.82, 2.24) is 15.2 Å². The molecule has 1 saturated heterocycles. The van der Waals surface area contributed by atoms with Gasteiger partial charge in [-0.1, -0.05) is 30.3 Å². The Morgan fingerprint density at radius 2 is 1.79 bits per heavy atom. The van der Waals surface area contributed by atoms with Crippen molar-refractivity contribution in [3.8, 4) is 22.6 Å². The van der Waals surface area contributed by atoms with Crippen molar-refractivity contribution in [2.24, 2.45) is 0 Å². The lowest BCUT2D eigenvalue weighted by Crippen LogP contribution is -2.58. The lowest BCUT2D eigenvalue weighted by molar-refractivity contribution is -0.144. The summed E-state index contributed by atoms with van der Waals surface area (Å²) in [6.45, 7) is 2.66. The third kappa shape index (κ3) is 5.31. The van der Waals surface area contributed by atoms with E-state index in [4.69, 9.17) is 9.47 Å². The molecule has 2 amide bonds. The van der Waals surface area contributed by atoms with Gasteiger partial charge in [-0.15, -0.1) is 0 Å².